The van der Waals surface area contributed by atoms with Crippen molar-refractivity contribution in [1.82, 2.24) is 0 Å². The Morgan fingerprint density at radius 3 is 2.57 bits per heavy atom. The highest BCUT2D eigenvalue weighted by molar-refractivity contribution is 5.47. The first-order chi connectivity index (χ1) is 11.1. The summed E-state index contributed by atoms with van der Waals surface area (Å²) in [6, 6.07) is 14.1. The second kappa shape index (κ2) is 5.98. The number of rotatable bonds is 4. The third-order valence-electron chi connectivity index (χ3n) is 4.11. The van der Waals surface area contributed by atoms with E-state index < -0.39 is 10.7 Å². The zero-order valence-electron chi connectivity index (χ0n) is 12.9. The minimum atomic E-state index is -0.981. The number of benzene rings is 2. The maximum atomic E-state index is 11.0. The molecule has 1 aliphatic rings. The Morgan fingerprint density at radius 2 is 1.96 bits per heavy atom. The lowest BCUT2D eigenvalue weighted by atomic mass is 9.91. The highest BCUT2D eigenvalue weighted by atomic mass is 16.7. The number of nitrogens with zero attached hydrogens (tertiary/aromatic N) is 1. The Kier molecular flexibility index (Phi) is 4.02. The number of nitro benzene ring substituents is 1. The van der Waals surface area contributed by atoms with Crippen LogP contribution in [0.4, 0.5) is 5.69 Å². The van der Waals surface area contributed by atoms with Crippen LogP contribution in [0.2, 0.25) is 0 Å². The van der Waals surface area contributed by atoms with E-state index in [0.29, 0.717) is 17.7 Å². The fourth-order valence-electron chi connectivity index (χ4n) is 2.89. The Balaban J connectivity index is 2.08. The molecule has 0 aromatic heterocycles. The van der Waals surface area contributed by atoms with Crippen molar-refractivity contribution in [1.29, 1.82) is 0 Å². The number of fused-ring (bicyclic) bond motifs is 1. The average Bonchev–Trinajstić information content (AvgIpc) is 2.60. The van der Waals surface area contributed by atoms with Crippen LogP contribution in [0.15, 0.2) is 48.5 Å². The van der Waals surface area contributed by atoms with Crippen molar-refractivity contribution in [2.75, 3.05) is 14.2 Å². The molecule has 6 heteroatoms. The summed E-state index contributed by atoms with van der Waals surface area (Å²) in [7, 11) is 3.15. The van der Waals surface area contributed by atoms with Crippen molar-refractivity contribution in [2.45, 2.75) is 18.3 Å². The fourth-order valence-corrected chi connectivity index (χ4v) is 2.89. The molecule has 0 amide bonds. The summed E-state index contributed by atoms with van der Waals surface area (Å²) in [5, 5.41) is 11.0. The lowest BCUT2D eigenvalue weighted by Gasteiger charge is -2.40. The minimum absolute atomic E-state index is 0.0130. The third kappa shape index (κ3) is 2.67. The van der Waals surface area contributed by atoms with Crippen molar-refractivity contribution in [2.24, 2.45) is 0 Å². The van der Waals surface area contributed by atoms with Crippen LogP contribution in [-0.2, 0) is 15.3 Å². The van der Waals surface area contributed by atoms with Crippen LogP contribution in [0.3, 0.4) is 0 Å². The third-order valence-corrected chi connectivity index (χ3v) is 4.11. The molecule has 0 bridgehead atoms. The van der Waals surface area contributed by atoms with E-state index >= 15 is 0 Å². The van der Waals surface area contributed by atoms with Gasteiger partial charge in [-0.3, -0.25) is 10.1 Å². The summed E-state index contributed by atoms with van der Waals surface area (Å²) < 4.78 is 17.3. The highest BCUT2D eigenvalue weighted by Crippen LogP contribution is 2.47. The maximum absolute atomic E-state index is 11.0. The normalized spacial score (nSPS) is 23.0. The van der Waals surface area contributed by atoms with E-state index in [1.165, 1.54) is 12.1 Å². The largest absolute Gasteiger partial charge is 0.457 e. The quantitative estimate of drug-likeness (QED) is 0.637. The van der Waals surface area contributed by atoms with Gasteiger partial charge in [-0.2, -0.15) is 0 Å². The van der Waals surface area contributed by atoms with E-state index in [9.17, 15) is 10.1 Å². The van der Waals surface area contributed by atoms with Crippen LogP contribution in [0.1, 0.15) is 23.7 Å². The van der Waals surface area contributed by atoms with E-state index in [1.807, 2.05) is 30.3 Å². The van der Waals surface area contributed by atoms with Gasteiger partial charge >= 0.3 is 0 Å². The molecule has 2 atom stereocenters. The molecule has 23 heavy (non-hydrogen) atoms. The first-order valence-corrected chi connectivity index (χ1v) is 7.20. The van der Waals surface area contributed by atoms with Crippen molar-refractivity contribution in [3.8, 4) is 5.75 Å². The second-order valence-corrected chi connectivity index (χ2v) is 5.33. The van der Waals surface area contributed by atoms with E-state index in [1.54, 1.807) is 20.3 Å². The first-order valence-electron chi connectivity index (χ1n) is 7.20. The number of non-ortho nitro benzene ring substituents is 1. The van der Waals surface area contributed by atoms with Gasteiger partial charge in [0.2, 0.25) is 5.79 Å². The van der Waals surface area contributed by atoms with E-state index in [0.717, 1.165) is 5.56 Å². The number of methoxy groups -OCH3 is 2. The number of hydrogen-bond acceptors (Lipinski definition) is 5. The molecule has 0 aliphatic carbocycles. The molecule has 1 aliphatic heterocycles. The Morgan fingerprint density at radius 1 is 1.22 bits per heavy atom. The monoisotopic (exact) mass is 315 g/mol. The maximum Gasteiger partial charge on any atom is 0.270 e. The molecule has 0 fully saturated rings. The van der Waals surface area contributed by atoms with Gasteiger partial charge in [0.25, 0.3) is 5.69 Å². The topological polar surface area (TPSA) is 70.8 Å². The minimum Gasteiger partial charge on any atom is -0.457 e. The van der Waals surface area contributed by atoms with Gasteiger partial charge in [-0.25, -0.2) is 0 Å². The van der Waals surface area contributed by atoms with E-state index in [2.05, 4.69) is 0 Å². The Hall–Kier alpha value is -2.44. The van der Waals surface area contributed by atoms with Crippen molar-refractivity contribution in [3.63, 3.8) is 0 Å². The predicted molar refractivity (Wildman–Crippen MR) is 83.2 cm³/mol. The van der Waals surface area contributed by atoms with Crippen LogP contribution < -0.4 is 4.74 Å². The van der Waals surface area contributed by atoms with Crippen LogP contribution in [-0.4, -0.2) is 19.1 Å². The van der Waals surface area contributed by atoms with Crippen LogP contribution in [0, 0.1) is 10.1 Å². The predicted octanol–water partition coefficient (Wildman–Crippen LogP) is 3.56. The molecule has 2 aromatic carbocycles. The van der Waals surface area contributed by atoms with Gasteiger partial charge in [-0.05, 0) is 6.07 Å². The van der Waals surface area contributed by atoms with Gasteiger partial charge in [0, 0.05) is 43.9 Å². The molecule has 3 rings (SSSR count). The molecule has 0 saturated heterocycles. The standard InChI is InChI=1S/C17H17NO5/c1-21-16-11-17(22-2,12-6-4-3-5-7-12)23-15-9-8-13(18(19)20)10-14(15)16/h3-10,16H,11H2,1-2H3/t16-,17-/m0/s1. The van der Waals surface area contributed by atoms with Gasteiger partial charge in [-0.15, -0.1) is 0 Å². The molecule has 0 unspecified atom stereocenters. The van der Waals surface area contributed by atoms with Gasteiger partial charge in [0.15, 0.2) is 0 Å². The smallest absolute Gasteiger partial charge is 0.270 e. The van der Waals surface area contributed by atoms with Crippen LogP contribution in [0.25, 0.3) is 0 Å². The highest BCUT2D eigenvalue weighted by Gasteiger charge is 2.43. The van der Waals surface area contributed by atoms with Gasteiger partial charge in [0.05, 0.1) is 11.0 Å². The first kappa shape index (κ1) is 15.5. The molecule has 2 aromatic rings. The van der Waals surface area contributed by atoms with Gasteiger partial charge in [0.1, 0.15) is 5.75 Å². The zero-order valence-corrected chi connectivity index (χ0v) is 12.9. The second-order valence-electron chi connectivity index (χ2n) is 5.33. The lowest BCUT2D eigenvalue weighted by Crippen LogP contribution is -2.40. The molecular formula is C17H17NO5. The molecular weight excluding hydrogens is 298 g/mol. The summed E-state index contributed by atoms with van der Waals surface area (Å²) in [5.74, 6) is -0.454. The molecule has 0 saturated carbocycles. The molecule has 6 nitrogen and oxygen atoms in total. The summed E-state index contributed by atoms with van der Waals surface area (Å²) in [5.41, 5.74) is 1.54. The average molecular weight is 315 g/mol. The van der Waals surface area contributed by atoms with Crippen molar-refractivity contribution in [3.05, 3.63) is 69.8 Å². The van der Waals surface area contributed by atoms with Gasteiger partial charge < -0.3 is 14.2 Å². The van der Waals surface area contributed by atoms with Gasteiger partial charge in [-0.1, -0.05) is 30.3 Å². The molecule has 0 spiro atoms. The lowest BCUT2D eigenvalue weighted by molar-refractivity contribution is -0.385. The Labute approximate surface area is 133 Å². The Bertz CT molecular complexity index is 718. The van der Waals surface area contributed by atoms with Crippen molar-refractivity contribution < 1.29 is 19.1 Å². The fraction of sp³-hybridized carbons (Fsp3) is 0.294. The van der Waals surface area contributed by atoms with E-state index in [-0.39, 0.29) is 11.8 Å². The molecule has 1 heterocycles. The number of nitro groups is 1. The molecule has 0 radical (unpaired) electrons. The van der Waals surface area contributed by atoms with Crippen molar-refractivity contribution >= 4 is 5.69 Å². The molecule has 120 valence electrons. The number of hydrogen-bond donors (Lipinski definition) is 0. The summed E-state index contributed by atoms with van der Waals surface area (Å²) in [6.07, 6.45) is 0.0388. The van der Waals surface area contributed by atoms with Crippen LogP contribution in [0.5, 0.6) is 5.75 Å². The van der Waals surface area contributed by atoms with Crippen LogP contribution >= 0.6 is 0 Å². The summed E-state index contributed by atoms with van der Waals surface area (Å²) in [4.78, 5) is 10.6. The SMILES string of the molecule is CO[C@H]1C[C@@](OC)(c2ccccc2)Oc2ccc([N+](=O)[O-])cc21. The molecule has 0 N–H and O–H groups in total. The number of ether oxygens (including phenoxy) is 3. The summed E-state index contributed by atoms with van der Waals surface area (Å²) >= 11 is 0. The zero-order chi connectivity index (χ0) is 16.4. The van der Waals surface area contributed by atoms with E-state index in [4.69, 9.17) is 14.2 Å². The summed E-state index contributed by atoms with van der Waals surface area (Å²) in [6.45, 7) is 0.